The molecule has 0 bridgehead atoms. The molecule has 2 aromatic heterocycles. The SMILES string of the molecule is CCOC(=O)N1CCN([C@H](c2ccncc2)c2c(O)cc(C)n(CC)c2=O)CC1. The van der Waals surface area contributed by atoms with Gasteiger partial charge in [0.15, 0.2) is 0 Å². The largest absolute Gasteiger partial charge is 0.507 e. The van der Waals surface area contributed by atoms with E-state index >= 15 is 0 Å². The molecular formula is C21H28N4O4. The van der Waals surface area contributed by atoms with Gasteiger partial charge in [-0.25, -0.2) is 4.79 Å². The van der Waals surface area contributed by atoms with Gasteiger partial charge in [-0.05, 0) is 44.5 Å². The Morgan fingerprint density at radius 3 is 2.45 bits per heavy atom. The third kappa shape index (κ3) is 4.27. The van der Waals surface area contributed by atoms with Crippen molar-refractivity contribution in [3.05, 3.63) is 57.8 Å². The van der Waals surface area contributed by atoms with Crippen LogP contribution in [0.15, 0.2) is 35.4 Å². The van der Waals surface area contributed by atoms with E-state index in [-0.39, 0.29) is 17.4 Å². The van der Waals surface area contributed by atoms with Crippen molar-refractivity contribution in [2.45, 2.75) is 33.4 Å². The summed E-state index contributed by atoms with van der Waals surface area (Å²) in [6.07, 6.45) is 3.04. The fraction of sp³-hybridized carbons (Fsp3) is 0.476. The highest BCUT2D eigenvalue weighted by molar-refractivity contribution is 5.67. The van der Waals surface area contributed by atoms with E-state index in [1.54, 1.807) is 34.9 Å². The lowest BCUT2D eigenvalue weighted by atomic mass is 9.97. The lowest BCUT2D eigenvalue weighted by molar-refractivity contribution is 0.0709. The number of aryl methyl sites for hydroxylation is 1. The minimum Gasteiger partial charge on any atom is -0.507 e. The molecule has 156 valence electrons. The minimum atomic E-state index is -0.423. The summed E-state index contributed by atoms with van der Waals surface area (Å²) in [5.41, 5.74) is 1.76. The van der Waals surface area contributed by atoms with Gasteiger partial charge in [0.1, 0.15) is 5.75 Å². The zero-order valence-electron chi connectivity index (χ0n) is 17.2. The number of carbonyl (C=O) groups excluding carboxylic acids is 1. The maximum Gasteiger partial charge on any atom is 0.409 e. The van der Waals surface area contributed by atoms with E-state index in [2.05, 4.69) is 9.88 Å². The second kappa shape index (κ2) is 9.09. The number of aromatic nitrogens is 2. The van der Waals surface area contributed by atoms with Crippen molar-refractivity contribution in [2.75, 3.05) is 32.8 Å². The third-order valence-electron chi connectivity index (χ3n) is 5.34. The summed E-state index contributed by atoms with van der Waals surface area (Å²) in [7, 11) is 0. The average molecular weight is 400 g/mol. The summed E-state index contributed by atoms with van der Waals surface area (Å²) in [4.78, 5) is 33.1. The van der Waals surface area contributed by atoms with Gasteiger partial charge in [-0.15, -0.1) is 0 Å². The van der Waals surface area contributed by atoms with Crippen molar-refractivity contribution < 1.29 is 14.6 Å². The molecule has 8 nitrogen and oxygen atoms in total. The number of ether oxygens (including phenoxy) is 1. The first-order chi connectivity index (χ1) is 14.0. The Morgan fingerprint density at radius 2 is 1.86 bits per heavy atom. The summed E-state index contributed by atoms with van der Waals surface area (Å²) < 4.78 is 6.76. The maximum absolute atomic E-state index is 13.2. The summed E-state index contributed by atoms with van der Waals surface area (Å²) in [5, 5.41) is 10.7. The molecule has 1 aliphatic rings. The molecule has 1 saturated heterocycles. The highest BCUT2D eigenvalue weighted by atomic mass is 16.6. The van der Waals surface area contributed by atoms with E-state index in [9.17, 15) is 14.7 Å². The van der Waals surface area contributed by atoms with Gasteiger partial charge in [-0.3, -0.25) is 14.7 Å². The van der Waals surface area contributed by atoms with E-state index in [0.29, 0.717) is 44.9 Å². The molecule has 1 amide bonds. The number of amides is 1. The molecule has 0 unspecified atom stereocenters. The Labute approximate surface area is 170 Å². The van der Waals surface area contributed by atoms with Gasteiger partial charge in [0.05, 0.1) is 18.2 Å². The second-order valence-corrected chi connectivity index (χ2v) is 7.04. The Kier molecular flexibility index (Phi) is 6.53. The molecule has 3 rings (SSSR count). The van der Waals surface area contributed by atoms with Gasteiger partial charge in [0.25, 0.3) is 5.56 Å². The second-order valence-electron chi connectivity index (χ2n) is 7.04. The maximum atomic E-state index is 13.2. The Balaban J connectivity index is 1.99. The summed E-state index contributed by atoms with van der Waals surface area (Å²) >= 11 is 0. The summed E-state index contributed by atoms with van der Waals surface area (Å²) in [6.45, 7) is 8.48. The average Bonchev–Trinajstić information content (AvgIpc) is 2.72. The van der Waals surface area contributed by atoms with Crippen LogP contribution in [-0.2, 0) is 11.3 Å². The van der Waals surface area contributed by atoms with Crippen molar-refractivity contribution in [1.29, 1.82) is 0 Å². The standard InChI is InChI=1S/C21H28N4O4/c1-4-25-15(3)14-17(26)18(20(25)27)19(16-6-8-22-9-7-16)23-10-12-24(13-11-23)21(28)29-5-2/h6-9,14,19,26H,4-5,10-13H2,1-3H3/t19-/m1/s1. The normalized spacial score (nSPS) is 15.9. The zero-order chi connectivity index (χ0) is 21.0. The smallest absolute Gasteiger partial charge is 0.409 e. The minimum absolute atomic E-state index is 0.00756. The molecule has 29 heavy (non-hydrogen) atoms. The molecular weight excluding hydrogens is 372 g/mol. The number of pyridine rings is 2. The van der Waals surface area contributed by atoms with Gasteiger partial charge in [-0.1, -0.05) is 0 Å². The molecule has 1 fully saturated rings. The van der Waals surface area contributed by atoms with E-state index in [0.717, 1.165) is 11.3 Å². The fourth-order valence-corrected chi connectivity index (χ4v) is 3.90. The number of piperazine rings is 1. The van der Waals surface area contributed by atoms with Crippen molar-refractivity contribution >= 4 is 6.09 Å². The number of carbonyl (C=O) groups is 1. The van der Waals surface area contributed by atoms with Crippen molar-refractivity contribution in [3.63, 3.8) is 0 Å². The molecule has 0 radical (unpaired) electrons. The van der Waals surface area contributed by atoms with Crippen molar-refractivity contribution in [1.82, 2.24) is 19.4 Å². The molecule has 0 saturated carbocycles. The quantitative estimate of drug-likeness (QED) is 0.827. The van der Waals surface area contributed by atoms with E-state index in [1.165, 1.54) is 0 Å². The lowest BCUT2D eigenvalue weighted by Gasteiger charge is -2.39. The topological polar surface area (TPSA) is 87.9 Å². The first kappa shape index (κ1) is 20.9. The van der Waals surface area contributed by atoms with Crippen LogP contribution in [0.4, 0.5) is 4.79 Å². The number of hydrogen-bond acceptors (Lipinski definition) is 6. The molecule has 3 heterocycles. The molecule has 1 N–H and O–H groups in total. The van der Waals surface area contributed by atoms with Crippen LogP contribution in [0.2, 0.25) is 0 Å². The Hall–Kier alpha value is -2.87. The van der Waals surface area contributed by atoms with Crippen molar-refractivity contribution in [3.8, 4) is 5.75 Å². The Morgan fingerprint density at radius 1 is 1.21 bits per heavy atom. The first-order valence-electron chi connectivity index (χ1n) is 9.96. The van der Waals surface area contributed by atoms with Gasteiger partial charge in [0.2, 0.25) is 0 Å². The number of hydrogen-bond donors (Lipinski definition) is 1. The molecule has 1 atom stereocenters. The highest BCUT2D eigenvalue weighted by Gasteiger charge is 2.32. The third-order valence-corrected chi connectivity index (χ3v) is 5.34. The first-order valence-corrected chi connectivity index (χ1v) is 9.96. The van der Waals surface area contributed by atoms with Gasteiger partial charge in [0, 0.05) is 50.8 Å². The zero-order valence-corrected chi connectivity index (χ0v) is 17.2. The lowest BCUT2D eigenvalue weighted by Crippen LogP contribution is -2.50. The number of aromatic hydroxyl groups is 1. The van der Waals surface area contributed by atoms with Crippen LogP contribution >= 0.6 is 0 Å². The van der Waals surface area contributed by atoms with Crippen LogP contribution in [0.25, 0.3) is 0 Å². The van der Waals surface area contributed by atoms with Crippen LogP contribution in [0.5, 0.6) is 5.75 Å². The number of nitrogens with zero attached hydrogens (tertiary/aromatic N) is 4. The molecule has 0 aliphatic carbocycles. The van der Waals surface area contributed by atoms with Crippen molar-refractivity contribution in [2.24, 2.45) is 0 Å². The highest BCUT2D eigenvalue weighted by Crippen LogP contribution is 2.33. The molecule has 2 aromatic rings. The van der Waals surface area contributed by atoms with Gasteiger partial charge in [-0.2, -0.15) is 0 Å². The van der Waals surface area contributed by atoms with E-state index < -0.39 is 6.04 Å². The number of rotatable bonds is 5. The molecule has 0 aromatic carbocycles. The van der Waals surface area contributed by atoms with Crippen LogP contribution in [0, 0.1) is 6.92 Å². The van der Waals surface area contributed by atoms with E-state index in [1.807, 2.05) is 26.0 Å². The summed E-state index contributed by atoms with van der Waals surface area (Å²) in [5.74, 6) is -0.00756. The van der Waals surface area contributed by atoms with Gasteiger partial charge >= 0.3 is 6.09 Å². The van der Waals surface area contributed by atoms with Crippen LogP contribution in [0.3, 0.4) is 0 Å². The predicted octanol–water partition coefficient (Wildman–Crippen LogP) is 2.14. The molecule has 1 aliphatic heterocycles. The molecule has 8 heteroatoms. The van der Waals surface area contributed by atoms with Crippen LogP contribution < -0.4 is 5.56 Å². The van der Waals surface area contributed by atoms with Crippen LogP contribution in [-0.4, -0.2) is 63.3 Å². The summed E-state index contributed by atoms with van der Waals surface area (Å²) in [6, 6.07) is 4.94. The Bertz CT molecular complexity index is 905. The van der Waals surface area contributed by atoms with E-state index in [4.69, 9.17) is 4.74 Å². The predicted molar refractivity (Wildman–Crippen MR) is 109 cm³/mol. The van der Waals surface area contributed by atoms with Crippen LogP contribution in [0.1, 0.15) is 36.7 Å². The fourth-order valence-electron chi connectivity index (χ4n) is 3.90. The monoisotopic (exact) mass is 400 g/mol. The van der Waals surface area contributed by atoms with Gasteiger partial charge < -0.3 is 19.3 Å². The molecule has 0 spiro atoms.